The molecule has 0 radical (unpaired) electrons. The zero-order valence-electron chi connectivity index (χ0n) is 15.8. The van der Waals surface area contributed by atoms with Gasteiger partial charge < -0.3 is 20.7 Å². The topological polar surface area (TPSA) is 121 Å². The molecule has 3 heterocycles. The highest BCUT2D eigenvalue weighted by Gasteiger charge is 2.33. The van der Waals surface area contributed by atoms with Crippen LogP contribution in [0.1, 0.15) is 31.7 Å². The molecule has 144 valence electrons. The maximum absolute atomic E-state index is 8.92. The van der Waals surface area contributed by atoms with Gasteiger partial charge in [-0.05, 0) is 42.9 Å². The standard InChI is InChI=1S/C20H24N8/c1-2-14-7-16(26-18-4-3-13(9-21)10-24-18)8-15(14)12-28-17-5-6-23-20(17)25-11-19(28)27-22/h3-6,10-11,14-16,23H,2,7-8,12,22H2,1H3,(H,24,26). The molecule has 0 amide bonds. The Labute approximate surface area is 163 Å². The molecule has 0 saturated heterocycles. The van der Waals surface area contributed by atoms with Crippen LogP contribution in [0, 0.1) is 23.2 Å². The minimum atomic E-state index is 0.359. The van der Waals surface area contributed by atoms with Crippen molar-refractivity contribution in [2.45, 2.75) is 38.8 Å². The maximum atomic E-state index is 8.92. The van der Waals surface area contributed by atoms with E-state index < -0.39 is 0 Å². The molecule has 1 aliphatic carbocycles. The summed E-state index contributed by atoms with van der Waals surface area (Å²) in [4.78, 5) is 11.9. The average molecular weight is 376 g/mol. The zero-order valence-corrected chi connectivity index (χ0v) is 15.8. The van der Waals surface area contributed by atoms with Gasteiger partial charge in [-0.15, -0.1) is 0 Å². The number of nitrogens with one attached hydrogen (secondary N) is 2. The highest BCUT2D eigenvalue weighted by molar-refractivity contribution is 5.70. The van der Waals surface area contributed by atoms with E-state index in [1.807, 2.05) is 18.3 Å². The van der Waals surface area contributed by atoms with E-state index in [0.717, 1.165) is 42.8 Å². The molecular weight excluding hydrogens is 352 g/mol. The van der Waals surface area contributed by atoms with E-state index >= 15 is 0 Å². The summed E-state index contributed by atoms with van der Waals surface area (Å²) in [5, 5.41) is 16.4. The smallest absolute Gasteiger partial charge is 0.171 e. The summed E-state index contributed by atoms with van der Waals surface area (Å²) < 4.78 is 2.16. The number of nitrogens with two attached hydrogens (primary N) is 1. The van der Waals surface area contributed by atoms with Gasteiger partial charge in [0.2, 0.25) is 0 Å². The third kappa shape index (κ3) is 3.43. The Hall–Kier alpha value is -3.34. The molecule has 1 fully saturated rings. The van der Waals surface area contributed by atoms with Gasteiger partial charge in [0.25, 0.3) is 0 Å². The van der Waals surface area contributed by atoms with Gasteiger partial charge in [-0.3, -0.25) is 0 Å². The largest absolute Gasteiger partial charge is 0.367 e. The SMILES string of the molecule is CCC1CC(Nc2ccc(C#N)cn2)CC1Cn1c(=NN)cnc2[nH]ccc21. The quantitative estimate of drug-likeness (QED) is 0.466. The van der Waals surface area contributed by atoms with Gasteiger partial charge in [0.05, 0.1) is 17.3 Å². The molecule has 1 saturated carbocycles. The zero-order chi connectivity index (χ0) is 19.5. The number of nitriles is 1. The predicted octanol–water partition coefficient (Wildman–Crippen LogP) is 2.32. The van der Waals surface area contributed by atoms with Crippen LogP contribution in [0.5, 0.6) is 0 Å². The third-order valence-corrected chi connectivity index (χ3v) is 5.74. The normalized spacial score (nSPS) is 22.4. The highest BCUT2D eigenvalue weighted by Crippen LogP contribution is 2.37. The molecule has 0 aromatic carbocycles. The fourth-order valence-electron chi connectivity index (χ4n) is 4.33. The van der Waals surface area contributed by atoms with Crippen molar-refractivity contribution in [3.63, 3.8) is 0 Å². The van der Waals surface area contributed by atoms with E-state index in [0.29, 0.717) is 28.9 Å². The van der Waals surface area contributed by atoms with E-state index in [4.69, 9.17) is 11.1 Å². The number of fused-ring (bicyclic) bond motifs is 1. The maximum Gasteiger partial charge on any atom is 0.171 e. The van der Waals surface area contributed by atoms with Crippen LogP contribution in [0.15, 0.2) is 41.9 Å². The van der Waals surface area contributed by atoms with Crippen molar-refractivity contribution in [3.8, 4) is 6.07 Å². The van der Waals surface area contributed by atoms with Gasteiger partial charge in [-0.25, -0.2) is 9.97 Å². The number of nitrogens with zero attached hydrogens (tertiary/aromatic N) is 5. The van der Waals surface area contributed by atoms with Crippen LogP contribution in [0.4, 0.5) is 5.82 Å². The van der Waals surface area contributed by atoms with E-state index in [-0.39, 0.29) is 0 Å². The fraction of sp³-hybridized carbons (Fsp3) is 0.400. The van der Waals surface area contributed by atoms with Gasteiger partial charge in [0, 0.05) is 25.0 Å². The van der Waals surface area contributed by atoms with Crippen LogP contribution in [0.25, 0.3) is 11.2 Å². The van der Waals surface area contributed by atoms with Crippen molar-refractivity contribution in [1.29, 1.82) is 5.26 Å². The van der Waals surface area contributed by atoms with Gasteiger partial charge in [0.1, 0.15) is 11.9 Å². The minimum Gasteiger partial charge on any atom is -0.367 e. The van der Waals surface area contributed by atoms with Gasteiger partial charge >= 0.3 is 0 Å². The second-order valence-corrected chi connectivity index (χ2v) is 7.35. The molecule has 4 N–H and O–H groups in total. The summed E-state index contributed by atoms with van der Waals surface area (Å²) in [6.07, 6.45) is 8.48. The summed E-state index contributed by atoms with van der Waals surface area (Å²) in [5.74, 6) is 7.55. The fourth-order valence-corrected chi connectivity index (χ4v) is 4.33. The van der Waals surface area contributed by atoms with E-state index in [9.17, 15) is 0 Å². The second-order valence-electron chi connectivity index (χ2n) is 7.35. The first-order valence-electron chi connectivity index (χ1n) is 9.61. The second kappa shape index (κ2) is 7.72. The number of aromatic amines is 1. The number of anilines is 1. The van der Waals surface area contributed by atoms with Crippen LogP contribution >= 0.6 is 0 Å². The predicted molar refractivity (Wildman–Crippen MR) is 107 cm³/mol. The van der Waals surface area contributed by atoms with Crippen LogP contribution in [0.2, 0.25) is 0 Å². The molecule has 3 atom stereocenters. The van der Waals surface area contributed by atoms with Crippen LogP contribution < -0.4 is 16.6 Å². The van der Waals surface area contributed by atoms with E-state index in [1.54, 1.807) is 18.5 Å². The first-order valence-corrected chi connectivity index (χ1v) is 9.61. The number of rotatable bonds is 5. The third-order valence-electron chi connectivity index (χ3n) is 5.74. The molecule has 8 nitrogen and oxygen atoms in total. The molecule has 3 aromatic heterocycles. The summed E-state index contributed by atoms with van der Waals surface area (Å²) in [5.41, 5.74) is 3.12. The Bertz CT molecular complexity index is 1060. The summed E-state index contributed by atoms with van der Waals surface area (Å²) >= 11 is 0. The Morgan fingerprint density at radius 3 is 2.86 bits per heavy atom. The molecular formula is C20H24N8. The van der Waals surface area contributed by atoms with Crippen LogP contribution in [-0.2, 0) is 6.54 Å². The van der Waals surface area contributed by atoms with Gasteiger partial charge in [-0.2, -0.15) is 10.4 Å². The lowest BCUT2D eigenvalue weighted by molar-refractivity contribution is 0.331. The Kier molecular flexibility index (Phi) is 4.98. The molecule has 0 bridgehead atoms. The molecule has 8 heteroatoms. The lowest BCUT2D eigenvalue weighted by atomic mass is 9.93. The molecule has 0 aliphatic heterocycles. The molecule has 3 unspecified atom stereocenters. The molecule has 4 rings (SSSR count). The first kappa shape index (κ1) is 18.0. The number of aromatic nitrogens is 4. The van der Waals surface area contributed by atoms with E-state index in [2.05, 4.69) is 42.9 Å². The van der Waals surface area contributed by atoms with Crippen LogP contribution in [-0.4, -0.2) is 25.6 Å². The van der Waals surface area contributed by atoms with Crippen molar-refractivity contribution in [3.05, 3.63) is 47.8 Å². The Morgan fingerprint density at radius 1 is 1.29 bits per heavy atom. The van der Waals surface area contributed by atoms with Crippen molar-refractivity contribution < 1.29 is 0 Å². The number of H-pyrrole nitrogens is 1. The van der Waals surface area contributed by atoms with Crippen molar-refractivity contribution in [1.82, 2.24) is 19.5 Å². The van der Waals surface area contributed by atoms with Crippen LogP contribution in [0.3, 0.4) is 0 Å². The minimum absolute atomic E-state index is 0.359. The molecule has 1 aliphatic rings. The molecule has 3 aromatic rings. The average Bonchev–Trinajstić information content (AvgIpc) is 3.35. The summed E-state index contributed by atoms with van der Waals surface area (Å²) in [6.45, 7) is 3.10. The number of hydrogen-bond acceptors (Lipinski definition) is 6. The van der Waals surface area contributed by atoms with Gasteiger partial charge in [0.15, 0.2) is 11.1 Å². The first-order chi connectivity index (χ1) is 13.7. The molecule has 28 heavy (non-hydrogen) atoms. The Morgan fingerprint density at radius 2 is 2.14 bits per heavy atom. The van der Waals surface area contributed by atoms with Crippen molar-refractivity contribution >= 4 is 17.0 Å². The monoisotopic (exact) mass is 376 g/mol. The van der Waals surface area contributed by atoms with Crippen molar-refractivity contribution in [2.75, 3.05) is 5.32 Å². The number of pyridine rings is 1. The number of hydrogen-bond donors (Lipinski definition) is 3. The van der Waals surface area contributed by atoms with Gasteiger partial charge in [-0.1, -0.05) is 13.3 Å². The summed E-state index contributed by atoms with van der Waals surface area (Å²) in [6, 6.07) is 8.15. The summed E-state index contributed by atoms with van der Waals surface area (Å²) in [7, 11) is 0. The van der Waals surface area contributed by atoms with E-state index in [1.165, 1.54) is 0 Å². The molecule has 0 spiro atoms. The Balaban J connectivity index is 1.54. The lowest BCUT2D eigenvalue weighted by Crippen LogP contribution is -2.28. The lowest BCUT2D eigenvalue weighted by Gasteiger charge is -2.20. The highest BCUT2D eigenvalue weighted by atomic mass is 15.2. The van der Waals surface area contributed by atoms with Crippen molar-refractivity contribution in [2.24, 2.45) is 22.8 Å².